The Labute approximate surface area is 286 Å². The van der Waals surface area contributed by atoms with E-state index in [4.69, 9.17) is 9.47 Å². The van der Waals surface area contributed by atoms with Crippen molar-refractivity contribution in [2.24, 2.45) is 0 Å². The van der Waals surface area contributed by atoms with Crippen molar-refractivity contribution in [3.05, 3.63) is 152 Å². The molecule has 11 heteroatoms. The number of carbonyl (C=O) groups is 2. The Morgan fingerprint density at radius 3 is 2.26 bits per heavy atom. The van der Waals surface area contributed by atoms with Crippen LogP contribution in [0.1, 0.15) is 43.7 Å². The van der Waals surface area contributed by atoms with Crippen LogP contribution in [0, 0.1) is 25.2 Å². The molecule has 50 heavy (non-hydrogen) atoms. The summed E-state index contributed by atoms with van der Waals surface area (Å²) >= 11 is 0. The lowest BCUT2D eigenvalue weighted by Gasteiger charge is -2.19. The van der Waals surface area contributed by atoms with Gasteiger partial charge in [0.15, 0.2) is 0 Å². The molecule has 0 aliphatic carbocycles. The van der Waals surface area contributed by atoms with Crippen LogP contribution in [0.4, 0.5) is 13.2 Å². The van der Waals surface area contributed by atoms with Gasteiger partial charge in [0.1, 0.15) is 29.2 Å². The zero-order valence-electron chi connectivity index (χ0n) is 27.4. The first-order valence-corrected chi connectivity index (χ1v) is 15.5. The number of esters is 1. The van der Waals surface area contributed by atoms with E-state index < -0.39 is 40.8 Å². The molecule has 0 fully saturated rings. The van der Waals surface area contributed by atoms with Crippen molar-refractivity contribution in [1.82, 2.24) is 9.88 Å². The molecular formula is C39H32F3N3O5. The largest absolute Gasteiger partial charge is 0.467 e. The fourth-order valence-electron chi connectivity index (χ4n) is 5.53. The molecule has 5 rings (SSSR count). The second-order valence-electron chi connectivity index (χ2n) is 11.6. The number of aryl methyl sites for hydroxylation is 2. The van der Waals surface area contributed by atoms with E-state index in [0.717, 1.165) is 22.8 Å². The number of halogens is 3. The quantitative estimate of drug-likeness (QED) is 0.154. The van der Waals surface area contributed by atoms with Gasteiger partial charge < -0.3 is 19.4 Å². The lowest BCUT2D eigenvalue weighted by atomic mass is 10.0. The van der Waals surface area contributed by atoms with Crippen molar-refractivity contribution < 1.29 is 32.2 Å². The fraction of sp³-hybridized carbons (Fsp3) is 0.179. The number of hydrogen-bond donors (Lipinski definition) is 1. The molecule has 4 aromatic carbocycles. The van der Waals surface area contributed by atoms with Crippen LogP contribution in [0.2, 0.25) is 0 Å². The summed E-state index contributed by atoms with van der Waals surface area (Å²) in [7, 11) is 1.24. The maximum Gasteiger partial charge on any atom is 0.417 e. The molecule has 0 aliphatic rings. The first-order chi connectivity index (χ1) is 23.9. The third-order valence-electron chi connectivity index (χ3n) is 8.10. The number of ether oxygens (including phenoxy) is 2. The molecule has 8 nitrogen and oxygen atoms in total. The number of alkyl halides is 3. The van der Waals surface area contributed by atoms with Crippen LogP contribution in [0.3, 0.4) is 0 Å². The molecule has 0 spiro atoms. The molecule has 0 radical (unpaired) electrons. The van der Waals surface area contributed by atoms with Crippen LogP contribution in [-0.4, -0.2) is 29.6 Å². The summed E-state index contributed by atoms with van der Waals surface area (Å²) in [5, 5.41) is 12.3. The van der Waals surface area contributed by atoms with E-state index >= 15 is 0 Å². The lowest BCUT2D eigenvalue weighted by Crippen LogP contribution is -2.43. The first kappa shape index (κ1) is 35.2. The summed E-state index contributed by atoms with van der Waals surface area (Å²) in [5.41, 5.74) is 0.512. The van der Waals surface area contributed by atoms with E-state index in [1.54, 1.807) is 24.3 Å². The van der Waals surface area contributed by atoms with Crippen LogP contribution in [0.15, 0.2) is 108 Å². The number of aromatic nitrogens is 1. The number of pyridine rings is 1. The van der Waals surface area contributed by atoms with Crippen LogP contribution in [-0.2, 0) is 28.7 Å². The van der Waals surface area contributed by atoms with E-state index in [-0.39, 0.29) is 35.5 Å². The van der Waals surface area contributed by atoms with E-state index in [0.29, 0.717) is 11.3 Å². The van der Waals surface area contributed by atoms with Crippen LogP contribution in [0.25, 0.3) is 11.3 Å². The zero-order valence-corrected chi connectivity index (χ0v) is 27.4. The van der Waals surface area contributed by atoms with Gasteiger partial charge >= 0.3 is 12.1 Å². The molecule has 0 saturated carbocycles. The van der Waals surface area contributed by atoms with Gasteiger partial charge in [-0.25, -0.2) is 4.79 Å². The molecule has 1 N–H and O–H groups in total. The fourth-order valence-corrected chi connectivity index (χ4v) is 5.53. The summed E-state index contributed by atoms with van der Waals surface area (Å²) < 4.78 is 54.1. The van der Waals surface area contributed by atoms with Crippen LogP contribution >= 0.6 is 0 Å². The van der Waals surface area contributed by atoms with Crippen molar-refractivity contribution in [2.45, 2.75) is 39.0 Å². The van der Waals surface area contributed by atoms with Crippen LogP contribution < -0.4 is 15.6 Å². The van der Waals surface area contributed by atoms with Crippen LogP contribution in [0.5, 0.6) is 11.5 Å². The molecule has 254 valence electrons. The van der Waals surface area contributed by atoms with Gasteiger partial charge in [-0.05, 0) is 84.6 Å². The van der Waals surface area contributed by atoms with Gasteiger partial charge in [0, 0.05) is 12.0 Å². The number of nitrogens with one attached hydrogen (secondary N) is 1. The minimum atomic E-state index is -4.93. The molecule has 5 aromatic rings. The monoisotopic (exact) mass is 679 g/mol. The molecule has 0 saturated heterocycles. The van der Waals surface area contributed by atoms with Gasteiger partial charge in [-0.2, -0.15) is 18.4 Å². The highest BCUT2D eigenvalue weighted by atomic mass is 19.4. The summed E-state index contributed by atoms with van der Waals surface area (Å²) in [4.78, 5) is 39.0. The third-order valence-corrected chi connectivity index (χ3v) is 8.10. The predicted molar refractivity (Wildman–Crippen MR) is 181 cm³/mol. The van der Waals surface area contributed by atoms with E-state index in [1.807, 2.05) is 56.3 Å². The molecule has 0 unspecified atom stereocenters. The van der Waals surface area contributed by atoms with Gasteiger partial charge in [0.2, 0.25) is 0 Å². The highest BCUT2D eigenvalue weighted by Gasteiger charge is 2.36. The third kappa shape index (κ3) is 8.10. The Morgan fingerprint density at radius 2 is 1.62 bits per heavy atom. The van der Waals surface area contributed by atoms with Crippen molar-refractivity contribution in [2.75, 3.05) is 7.11 Å². The summed E-state index contributed by atoms with van der Waals surface area (Å²) in [6.07, 6.45) is -4.71. The van der Waals surface area contributed by atoms with Crippen molar-refractivity contribution in [3.8, 4) is 28.8 Å². The molecule has 1 amide bonds. The van der Waals surface area contributed by atoms with E-state index in [9.17, 15) is 32.8 Å². The van der Waals surface area contributed by atoms with Crippen molar-refractivity contribution in [3.63, 3.8) is 0 Å². The second-order valence-corrected chi connectivity index (χ2v) is 11.6. The molecule has 1 atom stereocenters. The highest BCUT2D eigenvalue weighted by Crippen LogP contribution is 2.34. The maximum atomic E-state index is 14.0. The number of rotatable bonds is 10. The highest BCUT2D eigenvalue weighted by molar-refractivity contribution is 5.97. The standard InChI is InChI=1S/C39H32F3N3O5/c1-24-12-13-29(25(2)18-24)23-45-35(21-33(39(40,41)42)32(22-43)37(45)47)27-14-16-30(17-15-27)50-31-11-7-10-28(20-31)36(46)44-34(38(48)49-3)19-26-8-5-4-6-9-26/h4-18,20-21,34H,19,23H2,1-3H3,(H,44,46)/t34-/m1/s1. The molecule has 0 bridgehead atoms. The van der Waals surface area contributed by atoms with Crippen molar-refractivity contribution in [1.29, 1.82) is 5.26 Å². The molecule has 1 heterocycles. The molecule has 0 aliphatic heterocycles. The number of nitriles is 1. The summed E-state index contributed by atoms with van der Waals surface area (Å²) in [6, 6.07) is 28.4. The molecular weight excluding hydrogens is 647 g/mol. The Hall–Kier alpha value is -6.15. The Morgan fingerprint density at radius 1 is 0.900 bits per heavy atom. The Balaban J connectivity index is 1.41. The van der Waals surface area contributed by atoms with Gasteiger partial charge in [-0.1, -0.05) is 60.2 Å². The Kier molecular flexibility index (Phi) is 10.5. The first-order valence-electron chi connectivity index (χ1n) is 15.5. The average Bonchev–Trinajstić information content (AvgIpc) is 3.09. The Bertz CT molecular complexity index is 2140. The average molecular weight is 680 g/mol. The number of benzene rings is 4. The smallest absolute Gasteiger partial charge is 0.417 e. The molecule has 1 aromatic heterocycles. The van der Waals surface area contributed by atoms with Crippen molar-refractivity contribution >= 4 is 11.9 Å². The van der Waals surface area contributed by atoms with E-state index in [2.05, 4.69) is 5.32 Å². The number of carbonyl (C=O) groups excluding carboxylic acids is 2. The van der Waals surface area contributed by atoms with Gasteiger partial charge in [0.05, 0.1) is 24.9 Å². The second kappa shape index (κ2) is 15.0. The minimum Gasteiger partial charge on any atom is -0.467 e. The number of methoxy groups -OCH3 is 1. The van der Waals surface area contributed by atoms with Gasteiger partial charge in [-0.15, -0.1) is 0 Å². The number of hydrogen-bond acceptors (Lipinski definition) is 6. The normalized spacial score (nSPS) is 11.7. The van der Waals surface area contributed by atoms with Gasteiger partial charge in [0.25, 0.3) is 11.5 Å². The van der Waals surface area contributed by atoms with Gasteiger partial charge in [-0.3, -0.25) is 9.59 Å². The topological polar surface area (TPSA) is 110 Å². The summed E-state index contributed by atoms with van der Waals surface area (Å²) in [6.45, 7) is 3.69. The number of nitrogens with zero attached hydrogens (tertiary/aromatic N) is 2. The zero-order chi connectivity index (χ0) is 36.0. The predicted octanol–water partition coefficient (Wildman–Crippen LogP) is 7.38. The lowest BCUT2D eigenvalue weighted by molar-refractivity contribution is -0.143. The SMILES string of the molecule is COC(=O)[C@@H](Cc1ccccc1)NC(=O)c1cccc(Oc2ccc(-c3cc(C(F)(F)F)c(C#N)c(=O)n3Cc3ccc(C)cc3C)cc2)c1. The number of amides is 1. The van der Waals surface area contributed by atoms with E-state index in [1.165, 1.54) is 48.1 Å². The minimum absolute atomic E-state index is 0.0258. The maximum absolute atomic E-state index is 14.0. The summed E-state index contributed by atoms with van der Waals surface area (Å²) in [5.74, 6) is -0.540.